The van der Waals surface area contributed by atoms with Gasteiger partial charge in [-0.15, -0.1) is 0 Å². The first-order valence-corrected chi connectivity index (χ1v) is 7.40. The molecule has 108 valence electrons. The van der Waals surface area contributed by atoms with Crippen molar-refractivity contribution in [2.45, 2.75) is 11.8 Å². The Bertz CT molecular complexity index is 842. The molecule has 3 N–H and O–H groups in total. The minimum absolute atomic E-state index is 0.0732. The van der Waals surface area contributed by atoms with Crippen LogP contribution in [0.1, 0.15) is 11.1 Å². The Hall–Kier alpha value is -2.59. The largest absolute Gasteiger partial charge is 0.398 e. The molecule has 0 radical (unpaired) electrons. The molecule has 2 aromatic carbocycles. The van der Waals surface area contributed by atoms with E-state index in [0.717, 1.165) is 17.7 Å². The third kappa shape index (κ3) is 3.12. The van der Waals surface area contributed by atoms with Crippen LogP contribution >= 0.6 is 0 Å². The van der Waals surface area contributed by atoms with E-state index in [1.165, 1.54) is 12.1 Å². The highest BCUT2D eigenvalue weighted by Gasteiger charge is 2.18. The molecule has 0 heterocycles. The van der Waals surface area contributed by atoms with Crippen molar-refractivity contribution in [1.29, 1.82) is 5.26 Å². The lowest BCUT2D eigenvalue weighted by Gasteiger charge is -2.11. The van der Waals surface area contributed by atoms with Gasteiger partial charge in [0.2, 0.25) is 0 Å². The molecule has 2 rings (SSSR count). The zero-order chi connectivity index (χ0) is 15.6. The SMILES string of the molecule is Cc1ccc(S(=O)(=O)Nc2ccc(F)c(C#N)c2)c(N)c1. The molecule has 7 heteroatoms. The minimum atomic E-state index is -3.91. The number of rotatable bonds is 3. The molecule has 0 atom stereocenters. The van der Waals surface area contributed by atoms with E-state index in [9.17, 15) is 12.8 Å². The molecule has 0 unspecified atom stereocenters. The Morgan fingerprint density at radius 3 is 2.57 bits per heavy atom. The number of nitrogens with one attached hydrogen (secondary N) is 1. The number of halogens is 1. The van der Waals surface area contributed by atoms with Crippen molar-refractivity contribution in [3.05, 3.63) is 53.3 Å². The molecule has 21 heavy (non-hydrogen) atoms. The van der Waals surface area contributed by atoms with Crippen molar-refractivity contribution in [3.63, 3.8) is 0 Å². The zero-order valence-corrected chi connectivity index (χ0v) is 11.9. The number of nitrogens with two attached hydrogens (primary N) is 1. The molecule has 0 amide bonds. The van der Waals surface area contributed by atoms with Crippen molar-refractivity contribution in [2.24, 2.45) is 0 Å². The van der Waals surface area contributed by atoms with E-state index >= 15 is 0 Å². The summed E-state index contributed by atoms with van der Waals surface area (Å²) in [6, 6.07) is 9.58. The summed E-state index contributed by atoms with van der Waals surface area (Å²) >= 11 is 0. The molecule has 2 aromatic rings. The molecule has 0 aromatic heterocycles. The summed E-state index contributed by atoms with van der Waals surface area (Å²) < 4.78 is 40.0. The quantitative estimate of drug-likeness (QED) is 0.851. The van der Waals surface area contributed by atoms with E-state index < -0.39 is 15.8 Å². The maximum atomic E-state index is 13.2. The molecular weight excluding hydrogens is 293 g/mol. The van der Waals surface area contributed by atoms with Crippen LogP contribution in [0.4, 0.5) is 15.8 Å². The average molecular weight is 305 g/mol. The van der Waals surface area contributed by atoms with Crippen LogP contribution in [-0.2, 0) is 10.0 Å². The van der Waals surface area contributed by atoms with Crippen LogP contribution in [0.15, 0.2) is 41.3 Å². The van der Waals surface area contributed by atoms with E-state index in [1.807, 2.05) is 0 Å². The second-order valence-electron chi connectivity index (χ2n) is 4.45. The van der Waals surface area contributed by atoms with Crippen molar-refractivity contribution in [1.82, 2.24) is 0 Å². The van der Waals surface area contributed by atoms with Crippen LogP contribution in [0, 0.1) is 24.1 Å². The van der Waals surface area contributed by atoms with Gasteiger partial charge in [0.1, 0.15) is 16.8 Å². The molecule has 0 aliphatic heterocycles. The number of aryl methyl sites for hydroxylation is 1. The number of benzene rings is 2. The molecule has 0 spiro atoms. The Morgan fingerprint density at radius 1 is 1.24 bits per heavy atom. The molecule has 0 bridgehead atoms. The van der Waals surface area contributed by atoms with Gasteiger partial charge in [0.15, 0.2) is 0 Å². The number of nitrogens with zero attached hydrogens (tertiary/aromatic N) is 1. The van der Waals surface area contributed by atoms with Gasteiger partial charge >= 0.3 is 0 Å². The second-order valence-corrected chi connectivity index (χ2v) is 6.10. The molecule has 0 saturated carbocycles. The predicted octanol–water partition coefficient (Wildman–Crippen LogP) is 2.39. The van der Waals surface area contributed by atoms with Crippen molar-refractivity contribution < 1.29 is 12.8 Å². The molecular formula is C14H12FN3O2S. The summed E-state index contributed by atoms with van der Waals surface area (Å²) in [7, 11) is -3.91. The first-order chi connectivity index (χ1) is 9.83. The third-order valence-electron chi connectivity index (χ3n) is 2.79. The number of hydrogen-bond acceptors (Lipinski definition) is 4. The number of sulfonamides is 1. The maximum Gasteiger partial charge on any atom is 0.263 e. The fourth-order valence-corrected chi connectivity index (χ4v) is 2.96. The number of nitriles is 1. The monoisotopic (exact) mass is 305 g/mol. The van der Waals surface area contributed by atoms with Gasteiger partial charge in [-0.3, -0.25) is 4.72 Å². The fraction of sp³-hybridized carbons (Fsp3) is 0.0714. The first kappa shape index (κ1) is 14.8. The van der Waals surface area contributed by atoms with Crippen LogP contribution < -0.4 is 10.5 Å². The van der Waals surface area contributed by atoms with Crippen molar-refractivity contribution in [2.75, 3.05) is 10.5 Å². The van der Waals surface area contributed by atoms with Crippen molar-refractivity contribution >= 4 is 21.4 Å². The molecule has 0 saturated heterocycles. The summed E-state index contributed by atoms with van der Waals surface area (Å²) in [6.07, 6.45) is 0. The van der Waals surface area contributed by atoms with Crippen molar-refractivity contribution in [3.8, 4) is 6.07 Å². The Labute approximate surface area is 121 Å². The number of nitrogen functional groups attached to an aromatic ring is 1. The molecule has 5 nitrogen and oxygen atoms in total. The van der Waals surface area contributed by atoms with E-state index in [1.54, 1.807) is 25.1 Å². The van der Waals surface area contributed by atoms with Crippen LogP contribution in [0.3, 0.4) is 0 Å². The lowest BCUT2D eigenvalue weighted by molar-refractivity contribution is 0.601. The summed E-state index contributed by atoms with van der Waals surface area (Å²) in [5, 5.41) is 8.75. The summed E-state index contributed by atoms with van der Waals surface area (Å²) in [5.74, 6) is -0.713. The van der Waals surface area contributed by atoms with E-state index in [0.29, 0.717) is 0 Å². The lowest BCUT2D eigenvalue weighted by atomic mass is 10.2. The topological polar surface area (TPSA) is 96.0 Å². The standard InChI is InChI=1S/C14H12FN3O2S/c1-9-2-5-14(13(17)6-9)21(19,20)18-11-3-4-12(15)10(7-11)8-16/h2-7,18H,17H2,1H3. The number of hydrogen-bond donors (Lipinski definition) is 2. The van der Waals surface area contributed by atoms with Gasteiger partial charge in [0.25, 0.3) is 10.0 Å². The Balaban J connectivity index is 2.40. The van der Waals surface area contributed by atoms with E-state index in [4.69, 9.17) is 11.0 Å². The number of anilines is 2. The fourth-order valence-electron chi connectivity index (χ4n) is 1.80. The van der Waals surface area contributed by atoms with Gasteiger partial charge in [-0.1, -0.05) is 6.07 Å². The maximum absolute atomic E-state index is 13.2. The van der Waals surface area contributed by atoms with Gasteiger partial charge in [0, 0.05) is 0 Å². The summed E-state index contributed by atoms with van der Waals surface area (Å²) in [6.45, 7) is 1.79. The molecule has 0 aliphatic carbocycles. The third-order valence-corrected chi connectivity index (χ3v) is 4.25. The summed E-state index contributed by atoms with van der Waals surface area (Å²) in [5.41, 5.74) is 6.51. The normalized spacial score (nSPS) is 10.9. The van der Waals surface area contributed by atoms with Crippen LogP contribution in [0.5, 0.6) is 0 Å². The zero-order valence-electron chi connectivity index (χ0n) is 11.1. The highest BCUT2D eigenvalue weighted by Crippen LogP contribution is 2.23. The highest BCUT2D eigenvalue weighted by atomic mass is 32.2. The van der Waals surface area contributed by atoms with E-state index in [-0.39, 0.29) is 21.8 Å². The van der Waals surface area contributed by atoms with Gasteiger partial charge in [-0.05, 0) is 42.8 Å². The van der Waals surface area contributed by atoms with E-state index in [2.05, 4.69) is 4.72 Å². The van der Waals surface area contributed by atoms with Gasteiger partial charge < -0.3 is 5.73 Å². The second kappa shape index (κ2) is 5.42. The summed E-state index contributed by atoms with van der Waals surface area (Å²) in [4.78, 5) is -0.0732. The van der Waals surface area contributed by atoms with Gasteiger partial charge in [-0.25, -0.2) is 12.8 Å². The predicted molar refractivity (Wildman–Crippen MR) is 77.5 cm³/mol. The molecule has 0 fully saturated rings. The Morgan fingerprint density at radius 2 is 1.95 bits per heavy atom. The first-order valence-electron chi connectivity index (χ1n) is 5.92. The van der Waals surface area contributed by atoms with Crippen LogP contribution in [0.25, 0.3) is 0 Å². The van der Waals surface area contributed by atoms with Crippen LogP contribution in [-0.4, -0.2) is 8.42 Å². The van der Waals surface area contributed by atoms with Crippen LogP contribution in [0.2, 0.25) is 0 Å². The molecule has 0 aliphatic rings. The average Bonchev–Trinajstić information content (AvgIpc) is 2.40. The van der Waals surface area contributed by atoms with Gasteiger partial charge in [0.05, 0.1) is 16.9 Å². The minimum Gasteiger partial charge on any atom is -0.398 e. The Kier molecular flexibility index (Phi) is 3.82. The smallest absolute Gasteiger partial charge is 0.263 e. The lowest BCUT2D eigenvalue weighted by Crippen LogP contribution is -2.15. The van der Waals surface area contributed by atoms with Gasteiger partial charge in [-0.2, -0.15) is 5.26 Å². The highest BCUT2D eigenvalue weighted by molar-refractivity contribution is 7.92.